The van der Waals surface area contributed by atoms with Gasteiger partial charge in [-0.25, -0.2) is 0 Å². The van der Waals surface area contributed by atoms with Crippen molar-refractivity contribution in [2.75, 3.05) is 39.9 Å². The minimum atomic E-state index is -0.792. The van der Waals surface area contributed by atoms with Crippen LogP contribution in [-0.2, 0) is 16.1 Å². The minimum absolute atomic E-state index is 0.0184. The molecule has 1 atom stereocenters. The van der Waals surface area contributed by atoms with E-state index in [2.05, 4.69) is 29.1 Å². The van der Waals surface area contributed by atoms with Gasteiger partial charge in [-0.15, -0.1) is 5.10 Å². The van der Waals surface area contributed by atoms with Crippen LogP contribution in [0.15, 0.2) is 41.5 Å². The molecule has 0 bridgehead atoms. The maximum Gasteiger partial charge on any atom is 0.259 e. The van der Waals surface area contributed by atoms with Gasteiger partial charge in [-0.2, -0.15) is 10.1 Å². The number of rotatable bonds is 10. The minimum Gasteiger partial charge on any atom is -0.497 e. The van der Waals surface area contributed by atoms with Crippen LogP contribution in [0.4, 0.5) is 0 Å². The van der Waals surface area contributed by atoms with E-state index in [-0.39, 0.29) is 6.10 Å². The van der Waals surface area contributed by atoms with E-state index in [1.54, 1.807) is 12.2 Å². The van der Waals surface area contributed by atoms with E-state index in [0.717, 1.165) is 54.3 Å². The summed E-state index contributed by atoms with van der Waals surface area (Å²) in [7, 11) is 1.62. The number of ether oxygens (including phenoxy) is 4. The van der Waals surface area contributed by atoms with E-state index < -0.39 is 6.23 Å². The number of hydrogen-bond acceptors (Lipinski definition) is 9. The predicted molar refractivity (Wildman–Crippen MR) is 135 cm³/mol. The van der Waals surface area contributed by atoms with Gasteiger partial charge in [0.05, 0.1) is 26.8 Å². The van der Waals surface area contributed by atoms with Crippen molar-refractivity contribution >= 4 is 12.2 Å². The van der Waals surface area contributed by atoms with Gasteiger partial charge in [-0.05, 0) is 70.1 Å². The van der Waals surface area contributed by atoms with E-state index in [9.17, 15) is 4.79 Å². The number of benzene rings is 2. The van der Waals surface area contributed by atoms with E-state index in [0.29, 0.717) is 25.6 Å². The van der Waals surface area contributed by atoms with Gasteiger partial charge in [0.2, 0.25) is 5.90 Å². The molecule has 0 amide bonds. The molecule has 36 heavy (non-hydrogen) atoms. The van der Waals surface area contributed by atoms with Gasteiger partial charge in [0.15, 0.2) is 6.29 Å². The van der Waals surface area contributed by atoms with Gasteiger partial charge in [0, 0.05) is 23.2 Å². The number of carbonyl (C=O) groups is 1. The number of hydrazine groups is 1. The molecule has 9 heteroatoms. The third-order valence-electron chi connectivity index (χ3n) is 6.84. The maximum absolute atomic E-state index is 11.7. The highest BCUT2D eigenvalue weighted by Gasteiger charge is 2.40. The topological polar surface area (TPSA) is 76.1 Å². The molecule has 3 aliphatic rings. The summed E-state index contributed by atoms with van der Waals surface area (Å²) in [4.78, 5) is 14.2. The Morgan fingerprint density at radius 3 is 2.53 bits per heavy atom. The van der Waals surface area contributed by atoms with Crippen molar-refractivity contribution in [3.05, 3.63) is 53.1 Å². The smallest absolute Gasteiger partial charge is 0.259 e. The molecule has 2 saturated heterocycles. The van der Waals surface area contributed by atoms with Crippen LogP contribution < -0.4 is 14.2 Å². The van der Waals surface area contributed by atoms with Crippen molar-refractivity contribution in [1.82, 2.24) is 15.0 Å². The molecule has 0 radical (unpaired) electrons. The lowest BCUT2D eigenvalue weighted by molar-refractivity contribution is -0.175. The molecular weight excluding hydrogens is 460 g/mol. The number of methoxy groups -OCH3 is 1. The second kappa shape index (κ2) is 10.8. The van der Waals surface area contributed by atoms with Crippen LogP contribution in [0.2, 0.25) is 0 Å². The molecule has 3 heterocycles. The highest BCUT2D eigenvalue weighted by Crippen LogP contribution is 2.35. The first kappa shape index (κ1) is 24.4. The van der Waals surface area contributed by atoms with Gasteiger partial charge < -0.3 is 18.9 Å². The Morgan fingerprint density at radius 1 is 1.11 bits per heavy atom. The fourth-order valence-corrected chi connectivity index (χ4v) is 4.85. The largest absolute Gasteiger partial charge is 0.497 e. The van der Waals surface area contributed by atoms with Crippen LogP contribution in [0.25, 0.3) is 0 Å². The lowest BCUT2D eigenvalue weighted by Gasteiger charge is -2.43. The third kappa shape index (κ3) is 4.99. The monoisotopic (exact) mass is 494 g/mol. The molecular formula is C27H34N4O5. The Labute approximate surface area is 212 Å². The van der Waals surface area contributed by atoms with Gasteiger partial charge in [-0.3, -0.25) is 9.69 Å². The second-order valence-electron chi connectivity index (χ2n) is 9.30. The van der Waals surface area contributed by atoms with Crippen molar-refractivity contribution in [3.63, 3.8) is 0 Å². The normalized spacial score (nSPS) is 20.6. The average molecular weight is 495 g/mol. The lowest BCUT2D eigenvalue weighted by atomic mass is 10.1. The molecule has 0 N–H and O–H groups in total. The van der Waals surface area contributed by atoms with Crippen molar-refractivity contribution in [1.29, 1.82) is 0 Å². The zero-order valence-corrected chi connectivity index (χ0v) is 21.2. The van der Waals surface area contributed by atoms with Gasteiger partial charge in [0.25, 0.3) is 6.23 Å². The van der Waals surface area contributed by atoms with Crippen molar-refractivity contribution in [2.24, 2.45) is 5.10 Å². The molecule has 2 aromatic rings. The summed E-state index contributed by atoms with van der Waals surface area (Å²) in [5.41, 5.74) is 3.02. The summed E-state index contributed by atoms with van der Waals surface area (Å²) in [6, 6.07) is 11.6. The van der Waals surface area contributed by atoms with E-state index in [1.807, 2.05) is 36.2 Å². The zero-order chi connectivity index (χ0) is 25.1. The quantitative estimate of drug-likeness (QED) is 0.466. The second-order valence-corrected chi connectivity index (χ2v) is 9.30. The first-order valence-electron chi connectivity index (χ1n) is 12.6. The van der Waals surface area contributed by atoms with Gasteiger partial charge in [-0.1, -0.05) is 6.07 Å². The molecule has 5 rings (SSSR count). The molecule has 2 fully saturated rings. The van der Waals surface area contributed by atoms with Crippen molar-refractivity contribution < 1.29 is 23.7 Å². The fourth-order valence-electron chi connectivity index (χ4n) is 4.85. The molecule has 0 saturated carbocycles. The highest BCUT2D eigenvalue weighted by molar-refractivity contribution is 5.95. The Hall–Kier alpha value is -3.30. The molecule has 1 unspecified atom stereocenters. The first-order valence-corrected chi connectivity index (χ1v) is 12.6. The standard InChI is InChI=1S/C27H34N4O5/c1-4-34-26-19(2)24(12-9-21(26)15-29-13-5-6-14-29)35-23-16-30(17-23)31-25(18-32)36-27(28-31)20-7-10-22(33-3)11-8-20/h7-12,18,23,25H,4-6,13-17H2,1-3H3. The number of likely N-dealkylation sites (tertiary alicyclic amines) is 1. The van der Waals surface area contributed by atoms with Gasteiger partial charge >= 0.3 is 0 Å². The van der Waals surface area contributed by atoms with Crippen LogP contribution in [0.3, 0.4) is 0 Å². The number of hydrazone groups is 1. The Morgan fingerprint density at radius 2 is 1.86 bits per heavy atom. The van der Waals surface area contributed by atoms with Crippen LogP contribution >= 0.6 is 0 Å². The number of aldehydes is 1. The van der Waals surface area contributed by atoms with E-state index >= 15 is 0 Å². The summed E-state index contributed by atoms with van der Waals surface area (Å²) in [5.74, 6) is 2.92. The average Bonchev–Trinajstić information content (AvgIpc) is 3.54. The maximum atomic E-state index is 11.7. The first-order chi connectivity index (χ1) is 17.6. The lowest BCUT2D eigenvalue weighted by Crippen LogP contribution is -2.61. The van der Waals surface area contributed by atoms with Crippen molar-refractivity contribution in [2.45, 2.75) is 45.6 Å². The Balaban J connectivity index is 1.23. The zero-order valence-electron chi connectivity index (χ0n) is 21.2. The Bertz CT molecular complexity index is 1090. The predicted octanol–water partition coefficient (Wildman–Crippen LogP) is 3.20. The summed E-state index contributed by atoms with van der Waals surface area (Å²) in [6.45, 7) is 9.09. The van der Waals surface area contributed by atoms with Gasteiger partial charge in [0.1, 0.15) is 23.4 Å². The summed E-state index contributed by atoms with van der Waals surface area (Å²) in [5, 5.41) is 8.11. The SMILES string of the molecule is CCOc1c(CN2CCCC2)ccc(OC2CN(N3N=C(c4ccc(OC)cc4)OC3C=O)C2)c1C. The van der Waals surface area contributed by atoms with Crippen LogP contribution in [0.1, 0.15) is 36.5 Å². The molecule has 192 valence electrons. The van der Waals surface area contributed by atoms with Crippen LogP contribution in [0, 0.1) is 6.92 Å². The van der Waals surface area contributed by atoms with E-state index in [1.165, 1.54) is 18.4 Å². The highest BCUT2D eigenvalue weighted by atomic mass is 16.5. The molecule has 0 aromatic heterocycles. The number of hydrogen-bond donors (Lipinski definition) is 0. The fraction of sp³-hybridized carbons (Fsp3) is 0.481. The Kier molecular flexibility index (Phi) is 7.29. The number of nitrogens with zero attached hydrogens (tertiary/aromatic N) is 4. The molecule has 9 nitrogen and oxygen atoms in total. The summed E-state index contributed by atoms with van der Waals surface area (Å²) >= 11 is 0. The molecule has 0 spiro atoms. The van der Waals surface area contributed by atoms with Crippen LogP contribution in [-0.4, -0.2) is 79.4 Å². The summed E-state index contributed by atoms with van der Waals surface area (Å²) < 4.78 is 23.4. The molecule has 2 aromatic carbocycles. The molecule has 0 aliphatic carbocycles. The van der Waals surface area contributed by atoms with E-state index in [4.69, 9.17) is 18.9 Å². The molecule has 3 aliphatic heterocycles. The summed E-state index contributed by atoms with van der Waals surface area (Å²) in [6.07, 6.45) is 2.47. The third-order valence-corrected chi connectivity index (χ3v) is 6.84. The van der Waals surface area contributed by atoms with Crippen LogP contribution in [0.5, 0.6) is 17.2 Å². The number of carbonyl (C=O) groups excluding carboxylic acids is 1. The van der Waals surface area contributed by atoms with Crippen molar-refractivity contribution in [3.8, 4) is 17.2 Å².